The Balaban J connectivity index is 2.37. The zero-order valence-corrected chi connectivity index (χ0v) is 17.5. The highest BCUT2D eigenvalue weighted by atomic mass is 16.2. The Hall–Kier alpha value is -1.14. The first-order valence-corrected chi connectivity index (χ1v) is 10.3. The molecule has 1 saturated heterocycles. The summed E-state index contributed by atoms with van der Waals surface area (Å²) in [4.78, 5) is 29.0. The highest BCUT2D eigenvalue weighted by Crippen LogP contribution is 2.27. The van der Waals surface area contributed by atoms with Crippen LogP contribution in [0.1, 0.15) is 66.7 Å². The van der Waals surface area contributed by atoms with E-state index < -0.39 is 5.41 Å². The van der Waals surface area contributed by atoms with Gasteiger partial charge in [-0.3, -0.25) is 19.9 Å². The topological polar surface area (TPSA) is 78.7 Å². The molecule has 0 saturated carbocycles. The van der Waals surface area contributed by atoms with Crippen molar-refractivity contribution in [2.45, 2.75) is 66.7 Å². The van der Waals surface area contributed by atoms with E-state index in [0.717, 1.165) is 38.6 Å². The standard InChI is InChI=1S/C20H40N4O2/c1-6-17(7-2)9-8-10-23-11-13-24(14-12-23)18(25)16(3)15-20(4,5)19(26)22-21/h16-17H,6-15,21H2,1-5H3,(H,22,26). The zero-order chi connectivity index (χ0) is 19.7. The number of hydrogen-bond acceptors (Lipinski definition) is 4. The largest absolute Gasteiger partial charge is 0.340 e. The minimum Gasteiger partial charge on any atom is -0.340 e. The lowest BCUT2D eigenvalue weighted by Crippen LogP contribution is -2.51. The molecule has 6 heteroatoms. The Morgan fingerprint density at radius 2 is 1.69 bits per heavy atom. The van der Waals surface area contributed by atoms with Crippen LogP contribution < -0.4 is 11.3 Å². The van der Waals surface area contributed by atoms with Crippen molar-refractivity contribution in [3.63, 3.8) is 0 Å². The average molecular weight is 369 g/mol. The third kappa shape index (κ3) is 6.88. The Bertz CT molecular complexity index is 441. The van der Waals surface area contributed by atoms with Crippen LogP contribution in [0.2, 0.25) is 0 Å². The van der Waals surface area contributed by atoms with Crippen LogP contribution in [0.5, 0.6) is 0 Å². The molecular formula is C20H40N4O2. The third-order valence-corrected chi connectivity index (χ3v) is 5.91. The molecule has 6 nitrogen and oxygen atoms in total. The van der Waals surface area contributed by atoms with Gasteiger partial charge >= 0.3 is 0 Å². The molecule has 1 fully saturated rings. The lowest BCUT2D eigenvalue weighted by atomic mass is 9.82. The van der Waals surface area contributed by atoms with Crippen LogP contribution in [-0.4, -0.2) is 54.3 Å². The molecule has 0 bridgehead atoms. The van der Waals surface area contributed by atoms with Gasteiger partial charge in [0.05, 0.1) is 0 Å². The number of nitrogens with two attached hydrogens (primary N) is 1. The van der Waals surface area contributed by atoms with Crippen molar-refractivity contribution in [3.05, 3.63) is 0 Å². The SMILES string of the molecule is CCC(CC)CCCN1CCN(C(=O)C(C)CC(C)(C)C(=O)NN)CC1. The summed E-state index contributed by atoms with van der Waals surface area (Å²) in [5, 5.41) is 0. The minimum atomic E-state index is -0.638. The maximum Gasteiger partial charge on any atom is 0.239 e. The van der Waals surface area contributed by atoms with Crippen molar-refractivity contribution in [1.29, 1.82) is 0 Å². The quantitative estimate of drug-likeness (QED) is 0.352. The molecule has 0 radical (unpaired) electrons. The molecule has 1 aliphatic rings. The fourth-order valence-corrected chi connectivity index (χ4v) is 3.94. The van der Waals surface area contributed by atoms with Gasteiger partial charge in [0.2, 0.25) is 11.8 Å². The summed E-state index contributed by atoms with van der Waals surface area (Å²) in [6, 6.07) is 0. The van der Waals surface area contributed by atoms with E-state index in [1.54, 1.807) is 0 Å². The van der Waals surface area contributed by atoms with Crippen LogP contribution in [0.3, 0.4) is 0 Å². The second-order valence-electron chi connectivity index (χ2n) is 8.45. The van der Waals surface area contributed by atoms with E-state index in [1.165, 1.54) is 25.7 Å². The predicted molar refractivity (Wildman–Crippen MR) is 106 cm³/mol. The van der Waals surface area contributed by atoms with Crippen molar-refractivity contribution >= 4 is 11.8 Å². The molecule has 1 heterocycles. The summed E-state index contributed by atoms with van der Waals surface area (Å²) in [5.41, 5.74) is 1.56. The Morgan fingerprint density at radius 1 is 1.12 bits per heavy atom. The molecule has 3 N–H and O–H groups in total. The summed E-state index contributed by atoms with van der Waals surface area (Å²) < 4.78 is 0. The number of rotatable bonds is 10. The van der Waals surface area contributed by atoms with Crippen molar-refractivity contribution in [2.24, 2.45) is 23.1 Å². The van der Waals surface area contributed by atoms with Crippen molar-refractivity contribution in [1.82, 2.24) is 15.2 Å². The normalized spacial score (nSPS) is 17.4. The van der Waals surface area contributed by atoms with Crippen LogP contribution in [0.4, 0.5) is 0 Å². The summed E-state index contributed by atoms with van der Waals surface area (Å²) in [6.45, 7) is 14.7. The van der Waals surface area contributed by atoms with Gasteiger partial charge in [0.1, 0.15) is 0 Å². The number of hydrazine groups is 1. The molecular weight excluding hydrogens is 328 g/mol. The number of carbonyl (C=O) groups excluding carboxylic acids is 2. The minimum absolute atomic E-state index is 0.152. The van der Waals surface area contributed by atoms with Gasteiger partial charge in [-0.2, -0.15) is 0 Å². The monoisotopic (exact) mass is 368 g/mol. The second-order valence-corrected chi connectivity index (χ2v) is 8.45. The van der Waals surface area contributed by atoms with E-state index in [2.05, 4.69) is 24.2 Å². The molecule has 0 aromatic rings. The fraction of sp³-hybridized carbons (Fsp3) is 0.900. The van der Waals surface area contributed by atoms with E-state index in [0.29, 0.717) is 6.42 Å². The lowest BCUT2D eigenvalue weighted by molar-refractivity contribution is -0.139. The lowest BCUT2D eigenvalue weighted by Gasteiger charge is -2.37. The Morgan fingerprint density at radius 3 is 2.19 bits per heavy atom. The number of piperazine rings is 1. The zero-order valence-electron chi connectivity index (χ0n) is 17.5. The van der Waals surface area contributed by atoms with Gasteiger partial charge < -0.3 is 4.90 Å². The third-order valence-electron chi connectivity index (χ3n) is 5.91. The van der Waals surface area contributed by atoms with Crippen LogP contribution >= 0.6 is 0 Å². The summed E-state index contributed by atoms with van der Waals surface area (Å²) >= 11 is 0. The van der Waals surface area contributed by atoms with E-state index in [1.807, 2.05) is 25.7 Å². The number of hydrogen-bond donors (Lipinski definition) is 2. The molecule has 152 valence electrons. The van der Waals surface area contributed by atoms with Gasteiger partial charge in [-0.05, 0) is 31.7 Å². The number of nitrogens with zero attached hydrogens (tertiary/aromatic N) is 2. The molecule has 0 spiro atoms. The average Bonchev–Trinajstić information content (AvgIpc) is 2.64. The Labute approximate surface area is 159 Å². The van der Waals surface area contributed by atoms with Gasteiger partial charge in [-0.25, -0.2) is 5.84 Å². The first-order valence-electron chi connectivity index (χ1n) is 10.3. The summed E-state index contributed by atoms with van der Waals surface area (Å²) in [6.07, 6.45) is 5.61. The summed E-state index contributed by atoms with van der Waals surface area (Å²) in [5.74, 6) is 5.85. The molecule has 0 aromatic carbocycles. The van der Waals surface area contributed by atoms with Crippen LogP contribution in [0, 0.1) is 17.3 Å². The molecule has 2 amide bonds. The number of amides is 2. The molecule has 1 rings (SSSR count). The van der Waals surface area contributed by atoms with E-state index in [-0.39, 0.29) is 17.7 Å². The van der Waals surface area contributed by atoms with E-state index in [4.69, 9.17) is 5.84 Å². The predicted octanol–water partition coefficient (Wildman–Crippen LogP) is 2.39. The van der Waals surface area contributed by atoms with E-state index >= 15 is 0 Å². The Kier molecular flexibility index (Phi) is 9.58. The molecule has 26 heavy (non-hydrogen) atoms. The van der Waals surface area contributed by atoms with Crippen molar-refractivity contribution < 1.29 is 9.59 Å². The van der Waals surface area contributed by atoms with Crippen molar-refractivity contribution in [2.75, 3.05) is 32.7 Å². The van der Waals surface area contributed by atoms with Crippen LogP contribution in [0.15, 0.2) is 0 Å². The number of carbonyl (C=O) groups is 2. The smallest absolute Gasteiger partial charge is 0.239 e. The van der Waals surface area contributed by atoms with Gasteiger partial charge in [0.25, 0.3) is 0 Å². The second kappa shape index (κ2) is 10.9. The van der Waals surface area contributed by atoms with Gasteiger partial charge in [-0.1, -0.05) is 47.5 Å². The van der Waals surface area contributed by atoms with Crippen LogP contribution in [0.25, 0.3) is 0 Å². The molecule has 0 aliphatic carbocycles. The van der Waals surface area contributed by atoms with E-state index in [9.17, 15) is 9.59 Å². The molecule has 0 aromatic heterocycles. The highest BCUT2D eigenvalue weighted by Gasteiger charge is 2.33. The van der Waals surface area contributed by atoms with Gasteiger partial charge in [0.15, 0.2) is 0 Å². The first-order chi connectivity index (χ1) is 12.2. The maximum atomic E-state index is 12.7. The fourth-order valence-electron chi connectivity index (χ4n) is 3.94. The van der Waals surface area contributed by atoms with Crippen molar-refractivity contribution in [3.8, 4) is 0 Å². The number of nitrogens with one attached hydrogen (secondary N) is 1. The summed E-state index contributed by atoms with van der Waals surface area (Å²) in [7, 11) is 0. The molecule has 1 atom stereocenters. The molecule has 1 unspecified atom stereocenters. The van der Waals surface area contributed by atoms with Crippen LogP contribution in [-0.2, 0) is 9.59 Å². The first kappa shape index (κ1) is 22.9. The highest BCUT2D eigenvalue weighted by molar-refractivity contribution is 5.83. The van der Waals surface area contributed by atoms with Gasteiger partial charge in [-0.15, -0.1) is 0 Å². The maximum absolute atomic E-state index is 12.7. The van der Waals surface area contributed by atoms with Gasteiger partial charge in [0, 0.05) is 37.5 Å². The molecule has 1 aliphatic heterocycles.